The van der Waals surface area contributed by atoms with Gasteiger partial charge in [0.1, 0.15) is 11.6 Å². The quantitative estimate of drug-likeness (QED) is 0.897. The van der Waals surface area contributed by atoms with Crippen molar-refractivity contribution in [1.29, 1.82) is 0 Å². The maximum Gasteiger partial charge on any atom is 0.197 e. The molecule has 2 aromatic heterocycles. The third-order valence-electron chi connectivity index (χ3n) is 3.82. The molecule has 0 spiro atoms. The number of aryl methyl sites for hydroxylation is 1. The molecule has 2 atom stereocenters. The molecule has 0 aromatic carbocycles. The van der Waals surface area contributed by atoms with Crippen LogP contribution >= 0.6 is 0 Å². The number of rotatable bonds is 5. The molecular formula is C16H21N3O. The summed E-state index contributed by atoms with van der Waals surface area (Å²) < 4.78 is 5.94. The fourth-order valence-corrected chi connectivity index (χ4v) is 2.45. The summed E-state index contributed by atoms with van der Waals surface area (Å²) in [5.41, 5.74) is 1.03. The van der Waals surface area contributed by atoms with E-state index < -0.39 is 0 Å². The molecule has 1 aliphatic carbocycles. The summed E-state index contributed by atoms with van der Waals surface area (Å²) in [5, 5.41) is 3.25. The highest BCUT2D eigenvalue weighted by molar-refractivity contribution is 5.52. The molecule has 2 aromatic rings. The van der Waals surface area contributed by atoms with E-state index in [0.717, 1.165) is 41.9 Å². The molecule has 0 bridgehead atoms. The van der Waals surface area contributed by atoms with Crippen molar-refractivity contribution in [1.82, 2.24) is 9.97 Å². The van der Waals surface area contributed by atoms with Gasteiger partial charge in [-0.1, -0.05) is 13.8 Å². The van der Waals surface area contributed by atoms with Crippen molar-refractivity contribution in [2.75, 3.05) is 11.9 Å². The normalized spacial score (nSPS) is 20.9. The lowest BCUT2D eigenvalue weighted by molar-refractivity contribution is 0.514. The van der Waals surface area contributed by atoms with Gasteiger partial charge in [0.2, 0.25) is 0 Å². The third kappa shape index (κ3) is 2.55. The van der Waals surface area contributed by atoms with E-state index in [9.17, 15) is 0 Å². The highest BCUT2D eigenvalue weighted by atomic mass is 16.3. The van der Waals surface area contributed by atoms with E-state index in [1.165, 1.54) is 6.42 Å². The van der Waals surface area contributed by atoms with Crippen LogP contribution in [0.25, 0.3) is 11.6 Å². The zero-order chi connectivity index (χ0) is 14.1. The average Bonchev–Trinajstić information content (AvgIpc) is 3.00. The number of anilines is 1. The average molecular weight is 271 g/mol. The summed E-state index contributed by atoms with van der Waals surface area (Å²) in [6.07, 6.45) is 2.12. The van der Waals surface area contributed by atoms with Crippen LogP contribution in [0.1, 0.15) is 44.6 Å². The van der Waals surface area contributed by atoms with Gasteiger partial charge < -0.3 is 9.73 Å². The van der Waals surface area contributed by atoms with Crippen molar-refractivity contribution in [3.05, 3.63) is 29.7 Å². The first-order chi connectivity index (χ1) is 9.71. The molecule has 0 amide bonds. The minimum Gasteiger partial charge on any atom is -0.457 e. The van der Waals surface area contributed by atoms with Crippen LogP contribution in [0.3, 0.4) is 0 Å². The fraction of sp³-hybridized carbons (Fsp3) is 0.500. The summed E-state index contributed by atoms with van der Waals surface area (Å²) in [5.74, 6) is 4.73. The number of aromatic nitrogens is 2. The largest absolute Gasteiger partial charge is 0.457 e. The Balaban J connectivity index is 1.91. The van der Waals surface area contributed by atoms with Gasteiger partial charge in [0, 0.05) is 24.2 Å². The lowest BCUT2D eigenvalue weighted by Gasteiger charge is -2.06. The molecule has 3 rings (SSSR count). The number of hydrogen-bond donors (Lipinski definition) is 1. The van der Waals surface area contributed by atoms with E-state index >= 15 is 0 Å². The Hall–Kier alpha value is -1.84. The molecule has 20 heavy (non-hydrogen) atoms. The first kappa shape index (κ1) is 13.2. The second-order valence-electron chi connectivity index (χ2n) is 5.47. The van der Waals surface area contributed by atoms with E-state index in [2.05, 4.69) is 42.1 Å². The molecule has 4 heteroatoms. The number of nitrogens with zero attached hydrogens (tertiary/aromatic N) is 2. The van der Waals surface area contributed by atoms with E-state index in [0.29, 0.717) is 11.7 Å². The van der Waals surface area contributed by atoms with Crippen LogP contribution in [0, 0.1) is 5.92 Å². The predicted octanol–water partition coefficient (Wildman–Crippen LogP) is 3.85. The van der Waals surface area contributed by atoms with E-state index in [1.807, 2.05) is 12.1 Å². The molecule has 4 nitrogen and oxygen atoms in total. The van der Waals surface area contributed by atoms with Crippen molar-refractivity contribution >= 4 is 5.82 Å². The molecular weight excluding hydrogens is 250 g/mol. The Labute approximate surface area is 119 Å². The van der Waals surface area contributed by atoms with Crippen molar-refractivity contribution in [2.24, 2.45) is 5.92 Å². The van der Waals surface area contributed by atoms with Crippen molar-refractivity contribution in [3.8, 4) is 11.6 Å². The number of furan rings is 1. The molecule has 1 aliphatic rings. The van der Waals surface area contributed by atoms with Gasteiger partial charge >= 0.3 is 0 Å². The van der Waals surface area contributed by atoms with Crippen molar-refractivity contribution in [2.45, 2.75) is 39.5 Å². The molecule has 1 fully saturated rings. The van der Waals surface area contributed by atoms with E-state index in [-0.39, 0.29) is 0 Å². The van der Waals surface area contributed by atoms with Crippen LogP contribution in [0.5, 0.6) is 0 Å². The minimum atomic E-state index is 0.589. The fourth-order valence-electron chi connectivity index (χ4n) is 2.45. The number of nitrogens with one attached hydrogen (secondary N) is 1. The lowest BCUT2D eigenvalue weighted by Crippen LogP contribution is -2.03. The summed E-state index contributed by atoms with van der Waals surface area (Å²) in [6.45, 7) is 7.26. The first-order valence-corrected chi connectivity index (χ1v) is 7.43. The Morgan fingerprint density at radius 3 is 2.75 bits per heavy atom. The molecule has 0 saturated heterocycles. The molecule has 0 radical (unpaired) electrons. The van der Waals surface area contributed by atoms with Gasteiger partial charge in [-0.15, -0.1) is 0 Å². The van der Waals surface area contributed by atoms with Crippen molar-refractivity contribution < 1.29 is 4.42 Å². The van der Waals surface area contributed by atoms with Crippen LogP contribution in [0.15, 0.2) is 22.6 Å². The zero-order valence-electron chi connectivity index (χ0n) is 12.3. The molecule has 1 saturated carbocycles. The van der Waals surface area contributed by atoms with Crippen LogP contribution in [-0.2, 0) is 6.42 Å². The van der Waals surface area contributed by atoms with Crippen LogP contribution < -0.4 is 5.32 Å². The summed E-state index contributed by atoms with van der Waals surface area (Å²) >= 11 is 0. The smallest absolute Gasteiger partial charge is 0.197 e. The topological polar surface area (TPSA) is 51.0 Å². The van der Waals surface area contributed by atoms with Gasteiger partial charge in [-0.3, -0.25) is 0 Å². The molecule has 2 unspecified atom stereocenters. The van der Waals surface area contributed by atoms with Gasteiger partial charge in [0.05, 0.1) is 0 Å². The number of hydrogen-bond acceptors (Lipinski definition) is 4. The predicted molar refractivity (Wildman–Crippen MR) is 79.8 cm³/mol. The molecule has 2 heterocycles. The second kappa shape index (κ2) is 5.27. The monoisotopic (exact) mass is 271 g/mol. The second-order valence-corrected chi connectivity index (χ2v) is 5.47. The van der Waals surface area contributed by atoms with Gasteiger partial charge in [-0.25, -0.2) is 9.97 Å². The minimum absolute atomic E-state index is 0.589. The van der Waals surface area contributed by atoms with Gasteiger partial charge in [0.15, 0.2) is 11.6 Å². The SMILES string of the molecule is CCNc1cc(CC)nc(-c2ccc(C3CC3C)o2)n1. The Morgan fingerprint density at radius 2 is 2.10 bits per heavy atom. The van der Waals surface area contributed by atoms with Crippen molar-refractivity contribution in [3.63, 3.8) is 0 Å². The molecule has 0 aliphatic heterocycles. The highest BCUT2D eigenvalue weighted by Crippen LogP contribution is 2.47. The summed E-state index contributed by atoms with van der Waals surface area (Å²) in [6, 6.07) is 6.06. The zero-order valence-corrected chi connectivity index (χ0v) is 12.3. The van der Waals surface area contributed by atoms with Gasteiger partial charge in [-0.2, -0.15) is 0 Å². The van der Waals surface area contributed by atoms with E-state index in [4.69, 9.17) is 4.42 Å². The van der Waals surface area contributed by atoms with Crippen LogP contribution in [-0.4, -0.2) is 16.5 Å². The maximum absolute atomic E-state index is 5.94. The Morgan fingerprint density at radius 1 is 1.30 bits per heavy atom. The van der Waals surface area contributed by atoms with Crippen LogP contribution in [0.2, 0.25) is 0 Å². The molecule has 106 valence electrons. The van der Waals surface area contributed by atoms with Crippen LogP contribution in [0.4, 0.5) is 5.82 Å². The summed E-state index contributed by atoms with van der Waals surface area (Å²) in [4.78, 5) is 9.11. The standard InChI is InChI=1S/C16H21N3O/c1-4-11-9-15(17-5-2)19-16(18-11)14-7-6-13(20-14)12-8-10(12)3/h6-7,9-10,12H,4-5,8H2,1-3H3,(H,17,18,19). The van der Waals surface area contributed by atoms with Gasteiger partial charge in [0.25, 0.3) is 0 Å². The maximum atomic E-state index is 5.94. The Kier molecular flexibility index (Phi) is 3.47. The van der Waals surface area contributed by atoms with Gasteiger partial charge in [-0.05, 0) is 37.8 Å². The van der Waals surface area contributed by atoms with E-state index in [1.54, 1.807) is 0 Å². The third-order valence-corrected chi connectivity index (χ3v) is 3.82. The molecule has 1 N–H and O–H groups in total. The lowest BCUT2D eigenvalue weighted by atomic mass is 10.2. The first-order valence-electron chi connectivity index (χ1n) is 7.43. The highest BCUT2D eigenvalue weighted by Gasteiger charge is 2.36. The Bertz CT molecular complexity index is 606. The summed E-state index contributed by atoms with van der Waals surface area (Å²) in [7, 11) is 0.